The standard InChI is InChI=1S/C19H25Cl.C18H23Cl.C17H21Cl.C16H19Cl.C15H17Cl/c1-2-3-4-5-16-6-8-17(9-7-16)10-11-18-12-14-19(20)15-13-18;1-2-3-4-15-5-7-16(8-6-15)9-10-17-11-13-18(19)14-12-17;1-2-3-14-4-6-15(7-5-14)8-9-16-10-12-17(18)13-11-16;1-2-13-3-5-14(6-4-13)7-8-15-9-11-16(17)12-10-15;1-12-2-4-13(5-3-12)6-7-14-8-10-15(16)11-9-14/h12-17H,2-9H2,1H3;11-16H,2-8H2,1H3;10-15H,2-7H2,1H3;9-14H,2-6H2,1H3;8-13H,2-5H2,1H3/t16-,17-;15-,16-;14-,15-;13-,14-;12-,13-. The van der Waals surface area contributed by atoms with Crippen LogP contribution in [0.2, 0.25) is 25.1 Å². The third-order valence-corrected chi connectivity index (χ3v) is 20.4. The van der Waals surface area contributed by atoms with Crippen LogP contribution in [0, 0.1) is 118 Å². The van der Waals surface area contributed by atoms with Gasteiger partial charge >= 0.3 is 0 Å². The zero-order valence-corrected chi connectivity index (χ0v) is 59.2. The van der Waals surface area contributed by atoms with E-state index >= 15 is 0 Å². The van der Waals surface area contributed by atoms with Gasteiger partial charge in [-0.3, -0.25) is 0 Å². The molecule has 0 amide bonds. The second-order valence-electron chi connectivity index (χ2n) is 26.5. The lowest BCUT2D eigenvalue weighted by atomic mass is 9.80. The van der Waals surface area contributed by atoms with Crippen molar-refractivity contribution in [1.82, 2.24) is 0 Å². The van der Waals surface area contributed by atoms with Crippen LogP contribution in [0.25, 0.3) is 0 Å². The summed E-state index contributed by atoms with van der Waals surface area (Å²) in [5.41, 5.74) is 5.39. The van der Waals surface area contributed by atoms with Gasteiger partial charge in [0.15, 0.2) is 0 Å². The van der Waals surface area contributed by atoms with Gasteiger partial charge in [0, 0.05) is 82.5 Å². The van der Waals surface area contributed by atoms with Crippen molar-refractivity contribution in [2.24, 2.45) is 59.2 Å². The molecule has 0 N–H and O–H groups in total. The van der Waals surface area contributed by atoms with Gasteiger partial charge in [-0.25, -0.2) is 0 Å². The molecule has 5 aliphatic rings. The summed E-state index contributed by atoms with van der Waals surface area (Å²) in [6.07, 6.45) is 40.2. The van der Waals surface area contributed by atoms with Gasteiger partial charge in [-0.2, -0.15) is 0 Å². The van der Waals surface area contributed by atoms with Crippen molar-refractivity contribution in [1.29, 1.82) is 0 Å². The first kappa shape index (κ1) is 74.4. The van der Waals surface area contributed by atoms with Crippen molar-refractivity contribution in [2.45, 2.75) is 227 Å². The molecule has 5 aromatic carbocycles. The number of benzene rings is 5. The molecule has 0 atom stereocenters. The Morgan fingerprint density at radius 1 is 0.267 bits per heavy atom. The van der Waals surface area contributed by atoms with E-state index in [4.69, 9.17) is 58.0 Å². The largest absolute Gasteiger partial charge is 0.0945 e. The summed E-state index contributed by atoms with van der Waals surface area (Å²) < 4.78 is 0. The van der Waals surface area contributed by atoms with E-state index in [9.17, 15) is 0 Å². The number of rotatable bonds is 10. The maximum atomic E-state index is 5.88. The number of hydrogen-bond acceptors (Lipinski definition) is 0. The topological polar surface area (TPSA) is 0 Å². The molecule has 5 aliphatic carbocycles. The molecule has 5 fully saturated rings. The number of unbranched alkanes of at least 4 members (excludes halogenated alkanes) is 3. The molecular weight excluding hydrogens is 1200 g/mol. The lowest BCUT2D eigenvalue weighted by molar-refractivity contribution is 0.294. The molecule has 5 saturated carbocycles. The second-order valence-corrected chi connectivity index (χ2v) is 28.7. The fraction of sp³-hybridized carbons (Fsp3) is 0.529. The molecule has 0 bridgehead atoms. The Bertz CT molecular complexity index is 3060. The van der Waals surface area contributed by atoms with Crippen molar-refractivity contribution in [3.05, 3.63) is 174 Å². The van der Waals surface area contributed by atoms with Crippen LogP contribution in [0.5, 0.6) is 0 Å². The van der Waals surface area contributed by atoms with E-state index in [0.29, 0.717) is 29.6 Å². The smallest absolute Gasteiger partial charge is 0.0406 e. The number of hydrogen-bond donors (Lipinski definition) is 0. The van der Waals surface area contributed by atoms with Gasteiger partial charge in [0.25, 0.3) is 0 Å². The molecule has 0 aromatic heterocycles. The molecule has 0 saturated heterocycles. The lowest BCUT2D eigenvalue weighted by Gasteiger charge is -2.25. The minimum atomic E-state index is 0.604. The first-order chi connectivity index (χ1) is 43.8. The Labute approximate surface area is 573 Å². The number of halogens is 5. The summed E-state index contributed by atoms with van der Waals surface area (Å²) in [5, 5.41) is 3.89. The molecule has 0 unspecified atom stereocenters. The third-order valence-electron chi connectivity index (χ3n) is 19.2. The van der Waals surface area contributed by atoms with E-state index in [2.05, 4.69) is 93.8 Å². The van der Waals surface area contributed by atoms with E-state index in [1.807, 2.05) is 121 Å². The summed E-state index contributed by atoms with van der Waals surface area (Å²) in [6, 6.07) is 39.0. The van der Waals surface area contributed by atoms with E-state index in [1.54, 1.807) is 0 Å². The highest BCUT2D eigenvalue weighted by Crippen LogP contribution is 2.35. The molecule has 0 radical (unpaired) electrons. The van der Waals surface area contributed by atoms with Gasteiger partial charge < -0.3 is 0 Å². The Morgan fingerprint density at radius 3 is 0.744 bits per heavy atom. The van der Waals surface area contributed by atoms with E-state index < -0.39 is 0 Å². The summed E-state index contributed by atoms with van der Waals surface area (Å²) in [5.74, 6) is 41.3. The molecule has 0 aliphatic heterocycles. The van der Waals surface area contributed by atoms with Crippen molar-refractivity contribution in [3.63, 3.8) is 0 Å². The molecule has 0 spiro atoms. The van der Waals surface area contributed by atoms with Crippen molar-refractivity contribution in [3.8, 4) is 59.2 Å². The average molecular weight is 1300 g/mol. The normalized spacial score (nSPS) is 23.2. The van der Waals surface area contributed by atoms with Crippen molar-refractivity contribution in [2.75, 3.05) is 0 Å². The molecule has 10 rings (SSSR count). The Kier molecular flexibility index (Phi) is 36.4. The monoisotopic (exact) mass is 1300 g/mol. The molecule has 5 heteroatoms. The van der Waals surface area contributed by atoms with E-state index in [0.717, 1.165) is 82.5 Å². The van der Waals surface area contributed by atoms with Gasteiger partial charge in [-0.1, -0.05) is 216 Å². The van der Waals surface area contributed by atoms with Crippen molar-refractivity contribution >= 4 is 58.0 Å². The minimum Gasteiger partial charge on any atom is -0.0945 e. The molecule has 480 valence electrons. The fourth-order valence-corrected chi connectivity index (χ4v) is 13.7. The molecule has 90 heavy (non-hydrogen) atoms. The Morgan fingerprint density at radius 2 is 0.500 bits per heavy atom. The van der Waals surface area contributed by atoms with Gasteiger partial charge in [0.2, 0.25) is 0 Å². The highest BCUT2D eigenvalue weighted by atomic mass is 35.5. The molecular formula is C85H105Cl5. The Balaban J connectivity index is 0.000000179. The summed E-state index contributed by atoms with van der Waals surface area (Å²) in [4.78, 5) is 0. The fourth-order valence-electron chi connectivity index (χ4n) is 13.1. The zero-order chi connectivity index (χ0) is 64.0. The first-order valence-corrected chi connectivity index (χ1v) is 37.1. The SMILES string of the molecule is CCCCC[C@H]1CC[C@H](C#Cc2ccc(Cl)cc2)CC1.CCCC[C@H]1CC[C@H](C#Cc2ccc(Cl)cc2)CC1.CCC[C@H]1CC[C@H](C#Cc2ccc(Cl)cc2)CC1.CC[C@H]1CC[C@H](C#Cc2ccc(Cl)cc2)CC1.C[C@H]1CC[C@H](C#Cc2ccc(Cl)cc2)CC1. The third kappa shape index (κ3) is 31.3. The van der Waals surface area contributed by atoms with Gasteiger partial charge in [-0.05, 0) is 279 Å². The summed E-state index contributed by atoms with van der Waals surface area (Å²) >= 11 is 29.3. The first-order valence-electron chi connectivity index (χ1n) is 35.2. The molecule has 5 aromatic rings. The average Bonchev–Trinajstić information content (AvgIpc) is 3.75. The predicted molar refractivity (Wildman–Crippen MR) is 393 cm³/mol. The maximum Gasteiger partial charge on any atom is 0.0406 e. The van der Waals surface area contributed by atoms with Crippen LogP contribution < -0.4 is 0 Å². The van der Waals surface area contributed by atoms with Crippen LogP contribution in [0.4, 0.5) is 0 Å². The summed E-state index contributed by atoms with van der Waals surface area (Å²) in [6.45, 7) is 11.5. The van der Waals surface area contributed by atoms with Gasteiger partial charge in [0.1, 0.15) is 0 Å². The van der Waals surface area contributed by atoms with Crippen LogP contribution in [-0.4, -0.2) is 0 Å². The summed E-state index contributed by atoms with van der Waals surface area (Å²) in [7, 11) is 0. The quantitative estimate of drug-likeness (QED) is 0.0966. The predicted octanol–water partition coefficient (Wildman–Crippen LogP) is 26.5. The molecule has 0 nitrogen and oxygen atoms in total. The van der Waals surface area contributed by atoms with E-state index in [-0.39, 0.29) is 0 Å². The van der Waals surface area contributed by atoms with Crippen molar-refractivity contribution < 1.29 is 0 Å². The van der Waals surface area contributed by atoms with Gasteiger partial charge in [0.05, 0.1) is 0 Å². The van der Waals surface area contributed by atoms with Crippen LogP contribution >= 0.6 is 58.0 Å². The minimum absolute atomic E-state index is 0.604. The molecule has 0 heterocycles. The van der Waals surface area contributed by atoms with Gasteiger partial charge in [-0.15, -0.1) is 0 Å². The lowest BCUT2D eigenvalue weighted by Crippen LogP contribution is -2.13. The van der Waals surface area contributed by atoms with Crippen LogP contribution in [0.15, 0.2) is 121 Å². The highest BCUT2D eigenvalue weighted by molar-refractivity contribution is 6.31. The van der Waals surface area contributed by atoms with Crippen LogP contribution in [0.1, 0.15) is 255 Å². The van der Waals surface area contributed by atoms with Crippen LogP contribution in [-0.2, 0) is 0 Å². The highest BCUT2D eigenvalue weighted by Gasteiger charge is 2.22. The van der Waals surface area contributed by atoms with E-state index in [1.165, 1.54) is 193 Å². The second kappa shape index (κ2) is 44.0. The van der Waals surface area contributed by atoms with Crippen LogP contribution in [0.3, 0.4) is 0 Å². The Hall–Kier alpha value is -4.65. The maximum absolute atomic E-state index is 5.88. The zero-order valence-electron chi connectivity index (χ0n) is 55.4.